The standard InChI is InChI=1S/C10H9NO2.ClH/c11-10(12)9-6-13-5-7-3-1-2-4-8(7)9;/h1-4,6H,5H2,(H2,11,12);1H. The van der Waals surface area contributed by atoms with Crippen molar-refractivity contribution in [2.24, 2.45) is 5.73 Å². The molecular weight excluding hydrogens is 202 g/mol. The van der Waals surface area contributed by atoms with Crippen molar-refractivity contribution in [1.82, 2.24) is 0 Å². The van der Waals surface area contributed by atoms with Crippen LogP contribution in [0.15, 0.2) is 30.5 Å². The molecule has 0 atom stereocenters. The number of hydrogen-bond donors (Lipinski definition) is 1. The van der Waals surface area contributed by atoms with Crippen LogP contribution in [0.3, 0.4) is 0 Å². The van der Waals surface area contributed by atoms with Gasteiger partial charge in [0, 0.05) is 0 Å². The van der Waals surface area contributed by atoms with Crippen LogP contribution in [0.25, 0.3) is 5.57 Å². The zero-order valence-electron chi connectivity index (χ0n) is 7.40. The molecule has 0 aliphatic carbocycles. The first-order valence-corrected chi connectivity index (χ1v) is 3.99. The highest BCUT2D eigenvalue weighted by Gasteiger charge is 2.16. The van der Waals surface area contributed by atoms with Gasteiger partial charge < -0.3 is 10.5 Å². The topological polar surface area (TPSA) is 52.3 Å². The van der Waals surface area contributed by atoms with Gasteiger partial charge in [0.05, 0.1) is 11.8 Å². The van der Waals surface area contributed by atoms with Gasteiger partial charge in [0.15, 0.2) is 0 Å². The minimum atomic E-state index is -0.452. The second-order valence-corrected chi connectivity index (χ2v) is 2.86. The van der Waals surface area contributed by atoms with Gasteiger partial charge in [-0.15, -0.1) is 12.4 Å². The highest BCUT2D eigenvalue weighted by atomic mass is 35.5. The van der Waals surface area contributed by atoms with E-state index in [9.17, 15) is 4.79 Å². The molecule has 74 valence electrons. The number of carbonyl (C=O) groups is 1. The quantitative estimate of drug-likeness (QED) is 0.765. The molecule has 0 aromatic heterocycles. The third kappa shape index (κ3) is 1.72. The van der Waals surface area contributed by atoms with E-state index < -0.39 is 5.91 Å². The van der Waals surface area contributed by atoms with Crippen LogP contribution in [0.2, 0.25) is 0 Å². The van der Waals surface area contributed by atoms with E-state index in [1.807, 2.05) is 24.3 Å². The molecule has 14 heavy (non-hydrogen) atoms. The number of fused-ring (bicyclic) bond motifs is 1. The van der Waals surface area contributed by atoms with Crippen molar-refractivity contribution < 1.29 is 9.53 Å². The summed E-state index contributed by atoms with van der Waals surface area (Å²) in [5.41, 5.74) is 7.52. The Hall–Kier alpha value is -1.48. The van der Waals surface area contributed by atoms with E-state index in [0.29, 0.717) is 12.2 Å². The van der Waals surface area contributed by atoms with Crippen molar-refractivity contribution in [3.05, 3.63) is 41.7 Å². The Labute approximate surface area is 88.0 Å². The maximum Gasteiger partial charge on any atom is 0.252 e. The van der Waals surface area contributed by atoms with E-state index >= 15 is 0 Å². The second kappa shape index (κ2) is 4.15. The first kappa shape index (κ1) is 10.6. The van der Waals surface area contributed by atoms with Gasteiger partial charge >= 0.3 is 0 Å². The Morgan fingerprint density at radius 1 is 1.36 bits per heavy atom. The molecule has 1 heterocycles. The molecule has 4 heteroatoms. The molecule has 1 aliphatic rings. The lowest BCUT2D eigenvalue weighted by Gasteiger charge is -2.15. The van der Waals surface area contributed by atoms with Crippen LogP contribution in [0, 0.1) is 0 Å². The van der Waals surface area contributed by atoms with E-state index in [1.54, 1.807) is 0 Å². The summed E-state index contributed by atoms with van der Waals surface area (Å²) in [6.07, 6.45) is 1.42. The summed E-state index contributed by atoms with van der Waals surface area (Å²) in [7, 11) is 0. The third-order valence-electron chi connectivity index (χ3n) is 2.01. The first-order valence-electron chi connectivity index (χ1n) is 3.99. The molecule has 1 aliphatic heterocycles. The van der Waals surface area contributed by atoms with Crippen molar-refractivity contribution >= 4 is 23.9 Å². The van der Waals surface area contributed by atoms with Crippen LogP contribution < -0.4 is 5.73 Å². The summed E-state index contributed by atoms with van der Waals surface area (Å²) in [5, 5.41) is 0. The first-order chi connectivity index (χ1) is 6.29. The van der Waals surface area contributed by atoms with Gasteiger partial charge in [0.2, 0.25) is 0 Å². The van der Waals surface area contributed by atoms with E-state index in [2.05, 4.69) is 0 Å². The minimum absolute atomic E-state index is 0. The predicted octanol–water partition coefficient (Wildman–Crippen LogP) is 1.46. The van der Waals surface area contributed by atoms with Crippen molar-refractivity contribution in [2.45, 2.75) is 6.61 Å². The average molecular weight is 212 g/mol. The lowest BCUT2D eigenvalue weighted by Crippen LogP contribution is -2.16. The lowest BCUT2D eigenvalue weighted by molar-refractivity contribution is -0.112. The SMILES string of the molecule is Cl.NC(=O)C1=COCc2ccccc21. The average Bonchev–Trinajstić information content (AvgIpc) is 2.17. The van der Waals surface area contributed by atoms with Crippen LogP contribution in [0.1, 0.15) is 11.1 Å². The number of carbonyl (C=O) groups excluding carboxylic acids is 1. The molecule has 1 aromatic carbocycles. The monoisotopic (exact) mass is 211 g/mol. The zero-order chi connectivity index (χ0) is 9.26. The molecule has 1 aromatic rings. The Morgan fingerprint density at radius 3 is 2.79 bits per heavy atom. The molecule has 2 rings (SSSR count). The van der Waals surface area contributed by atoms with Crippen molar-refractivity contribution in [2.75, 3.05) is 0 Å². The molecule has 0 fully saturated rings. The van der Waals surface area contributed by atoms with Crippen molar-refractivity contribution in [3.8, 4) is 0 Å². The maximum atomic E-state index is 11.0. The molecule has 3 nitrogen and oxygen atoms in total. The predicted molar refractivity (Wildman–Crippen MR) is 55.7 cm³/mol. The van der Waals surface area contributed by atoms with Crippen LogP contribution in [-0.2, 0) is 16.1 Å². The van der Waals surface area contributed by atoms with Crippen molar-refractivity contribution in [3.63, 3.8) is 0 Å². The van der Waals surface area contributed by atoms with Gasteiger partial charge in [-0.1, -0.05) is 24.3 Å². The smallest absolute Gasteiger partial charge is 0.252 e. The van der Waals surface area contributed by atoms with Crippen LogP contribution in [0.4, 0.5) is 0 Å². The van der Waals surface area contributed by atoms with Gasteiger partial charge in [-0.05, 0) is 11.1 Å². The number of hydrogen-bond acceptors (Lipinski definition) is 2. The number of primary amides is 1. The molecule has 0 bridgehead atoms. The minimum Gasteiger partial charge on any atom is -0.496 e. The molecule has 0 unspecified atom stereocenters. The molecule has 0 radical (unpaired) electrons. The van der Waals surface area contributed by atoms with E-state index in [4.69, 9.17) is 10.5 Å². The molecule has 0 saturated carbocycles. The molecule has 0 spiro atoms. The Bertz CT molecular complexity index is 387. The van der Waals surface area contributed by atoms with Crippen LogP contribution in [0.5, 0.6) is 0 Å². The Morgan fingerprint density at radius 2 is 2.07 bits per heavy atom. The number of halogens is 1. The van der Waals surface area contributed by atoms with Crippen LogP contribution in [-0.4, -0.2) is 5.91 Å². The fraction of sp³-hybridized carbons (Fsp3) is 0.100. The van der Waals surface area contributed by atoms with Gasteiger partial charge in [0.1, 0.15) is 6.61 Å². The van der Waals surface area contributed by atoms with Gasteiger partial charge in [-0.25, -0.2) is 0 Å². The fourth-order valence-electron chi connectivity index (χ4n) is 1.38. The Balaban J connectivity index is 0.000000980. The molecular formula is C10H10ClNO2. The molecule has 1 amide bonds. The van der Waals surface area contributed by atoms with Gasteiger partial charge in [-0.3, -0.25) is 4.79 Å². The highest BCUT2D eigenvalue weighted by molar-refractivity contribution is 6.19. The number of amides is 1. The molecule has 0 saturated heterocycles. The number of ether oxygens (including phenoxy) is 1. The fourth-order valence-corrected chi connectivity index (χ4v) is 1.38. The summed E-state index contributed by atoms with van der Waals surface area (Å²) >= 11 is 0. The number of nitrogens with two attached hydrogens (primary N) is 1. The summed E-state index contributed by atoms with van der Waals surface area (Å²) in [5.74, 6) is -0.452. The normalized spacial score (nSPS) is 13.0. The van der Waals surface area contributed by atoms with Crippen LogP contribution >= 0.6 is 12.4 Å². The highest BCUT2D eigenvalue weighted by Crippen LogP contribution is 2.24. The maximum absolute atomic E-state index is 11.0. The zero-order valence-corrected chi connectivity index (χ0v) is 8.21. The summed E-state index contributed by atoms with van der Waals surface area (Å²) < 4.78 is 5.11. The van der Waals surface area contributed by atoms with E-state index in [-0.39, 0.29) is 12.4 Å². The summed E-state index contributed by atoms with van der Waals surface area (Å²) in [4.78, 5) is 11.0. The third-order valence-corrected chi connectivity index (χ3v) is 2.01. The van der Waals surface area contributed by atoms with E-state index in [1.165, 1.54) is 6.26 Å². The van der Waals surface area contributed by atoms with E-state index in [0.717, 1.165) is 11.1 Å². The summed E-state index contributed by atoms with van der Waals surface area (Å²) in [6, 6.07) is 7.58. The largest absolute Gasteiger partial charge is 0.496 e. The Kier molecular flexibility index (Phi) is 3.14. The second-order valence-electron chi connectivity index (χ2n) is 2.86. The number of benzene rings is 1. The van der Waals surface area contributed by atoms with Gasteiger partial charge in [0.25, 0.3) is 5.91 Å². The summed E-state index contributed by atoms with van der Waals surface area (Å²) in [6.45, 7) is 0.507. The van der Waals surface area contributed by atoms with Crippen molar-refractivity contribution in [1.29, 1.82) is 0 Å². The number of rotatable bonds is 1. The lowest BCUT2D eigenvalue weighted by atomic mass is 9.99. The molecule has 2 N–H and O–H groups in total. The van der Waals surface area contributed by atoms with Gasteiger partial charge in [-0.2, -0.15) is 0 Å².